The monoisotopic (exact) mass is 176 g/mol. The molecule has 0 aromatic carbocycles. The third-order valence-electron chi connectivity index (χ3n) is 1.55. The van der Waals surface area contributed by atoms with Gasteiger partial charge in [-0.2, -0.15) is 11.8 Å². The summed E-state index contributed by atoms with van der Waals surface area (Å²) in [4.78, 5) is 0. The molecule has 0 radical (unpaired) electrons. The molecule has 0 bridgehead atoms. The first-order valence-corrected chi connectivity index (χ1v) is 5.60. The molecule has 0 aliphatic heterocycles. The number of quaternary nitrogens is 1. The van der Waals surface area contributed by atoms with Crippen LogP contribution in [0.3, 0.4) is 0 Å². The molecule has 11 heavy (non-hydrogen) atoms. The minimum atomic E-state index is 1.10. The molecule has 68 valence electrons. The Morgan fingerprint density at radius 3 is 2.18 bits per heavy atom. The summed E-state index contributed by atoms with van der Waals surface area (Å²) in [7, 11) is 6.75. The van der Waals surface area contributed by atoms with E-state index in [1.807, 2.05) is 0 Å². The van der Waals surface area contributed by atoms with Gasteiger partial charge >= 0.3 is 0 Å². The Morgan fingerprint density at radius 1 is 1.09 bits per heavy atom. The molecule has 2 heteroatoms. The van der Waals surface area contributed by atoms with Crippen molar-refractivity contribution in [2.75, 3.05) is 39.2 Å². The zero-order valence-corrected chi connectivity index (χ0v) is 9.21. The van der Waals surface area contributed by atoms with E-state index in [4.69, 9.17) is 0 Å². The molecule has 0 heterocycles. The van der Waals surface area contributed by atoms with Crippen molar-refractivity contribution in [2.45, 2.75) is 19.8 Å². The van der Waals surface area contributed by atoms with Gasteiger partial charge in [0.1, 0.15) is 0 Å². The second kappa shape index (κ2) is 5.90. The Kier molecular flexibility index (Phi) is 6.06. The second-order valence-electron chi connectivity index (χ2n) is 3.98. The molecule has 0 saturated carbocycles. The lowest BCUT2D eigenvalue weighted by Gasteiger charge is -2.23. The van der Waals surface area contributed by atoms with Crippen LogP contribution in [0, 0.1) is 0 Å². The molecule has 0 spiro atoms. The fraction of sp³-hybridized carbons (Fsp3) is 1.00. The van der Waals surface area contributed by atoms with Crippen molar-refractivity contribution in [3.05, 3.63) is 0 Å². The van der Waals surface area contributed by atoms with Crippen molar-refractivity contribution in [1.82, 2.24) is 0 Å². The highest BCUT2D eigenvalue weighted by molar-refractivity contribution is 7.99. The first-order chi connectivity index (χ1) is 5.06. The largest absolute Gasteiger partial charge is 0.330 e. The van der Waals surface area contributed by atoms with Gasteiger partial charge in [-0.15, -0.1) is 0 Å². The second-order valence-corrected chi connectivity index (χ2v) is 5.20. The van der Waals surface area contributed by atoms with E-state index in [1.165, 1.54) is 30.9 Å². The van der Waals surface area contributed by atoms with Crippen LogP contribution in [0.4, 0.5) is 0 Å². The summed E-state index contributed by atoms with van der Waals surface area (Å²) >= 11 is 2.09. The van der Waals surface area contributed by atoms with Crippen LogP contribution in [0.25, 0.3) is 0 Å². The fourth-order valence-electron chi connectivity index (χ4n) is 0.687. The lowest BCUT2D eigenvalue weighted by atomic mass is 10.4. The molecule has 0 aromatic rings. The van der Waals surface area contributed by atoms with Crippen LogP contribution in [0.15, 0.2) is 0 Å². The number of hydrogen-bond donors (Lipinski definition) is 0. The molecule has 0 amide bonds. The molecule has 0 aromatic heterocycles. The number of thioether (sulfide) groups is 1. The lowest BCUT2D eigenvalue weighted by molar-refractivity contribution is -0.867. The Labute approximate surface area is 75.8 Å². The van der Waals surface area contributed by atoms with E-state index in [1.54, 1.807) is 0 Å². The van der Waals surface area contributed by atoms with Crippen molar-refractivity contribution >= 4 is 11.8 Å². The summed E-state index contributed by atoms with van der Waals surface area (Å²) < 4.78 is 1.10. The highest BCUT2D eigenvalue weighted by Gasteiger charge is 2.04. The van der Waals surface area contributed by atoms with Crippen molar-refractivity contribution < 1.29 is 4.48 Å². The van der Waals surface area contributed by atoms with Gasteiger partial charge in [-0.1, -0.05) is 13.3 Å². The predicted molar refractivity (Wildman–Crippen MR) is 55.1 cm³/mol. The van der Waals surface area contributed by atoms with Crippen LogP contribution in [0.5, 0.6) is 0 Å². The normalized spacial score (nSPS) is 12.0. The van der Waals surface area contributed by atoms with E-state index >= 15 is 0 Å². The maximum Gasteiger partial charge on any atom is 0.0872 e. The van der Waals surface area contributed by atoms with E-state index in [9.17, 15) is 0 Å². The Hall–Kier alpha value is 0.310. The molecule has 0 fully saturated rings. The summed E-state index contributed by atoms with van der Waals surface area (Å²) in [6.45, 7) is 3.54. The summed E-state index contributed by atoms with van der Waals surface area (Å²) in [5.74, 6) is 2.65. The number of nitrogens with zero attached hydrogens (tertiary/aromatic N) is 1. The maximum absolute atomic E-state index is 2.25. The first kappa shape index (κ1) is 11.3. The fourth-order valence-corrected chi connectivity index (χ4v) is 2.06. The van der Waals surface area contributed by atoms with Crippen LogP contribution < -0.4 is 0 Å². The minimum absolute atomic E-state index is 1.10. The van der Waals surface area contributed by atoms with Gasteiger partial charge in [-0.05, 0) is 12.2 Å². The van der Waals surface area contributed by atoms with E-state index in [2.05, 4.69) is 39.8 Å². The van der Waals surface area contributed by atoms with Crippen LogP contribution in [-0.2, 0) is 0 Å². The number of hydrogen-bond acceptors (Lipinski definition) is 1. The van der Waals surface area contributed by atoms with E-state index in [0.29, 0.717) is 0 Å². The maximum atomic E-state index is 2.25. The predicted octanol–water partition coefficient (Wildman–Crippen LogP) is 2.23. The Bertz CT molecular complexity index is 86.1. The van der Waals surface area contributed by atoms with Gasteiger partial charge < -0.3 is 4.48 Å². The zero-order valence-electron chi connectivity index (χ0n) is 8.39. The molecular formula is C9H22NS+. The quantitative estimate of drug-likeness (QED) is 0.442. The van der Waals surface area contributed by atoms with Crippen LogP contribution in [0.1, 0.15) is 19.8 Å². The van der Waals surface area contributed by atoms with Gasteiger partial charge in [-0.3, -0.25) is 0 Å². The van der Waals surface area contributed by atoms with Crippen LogP contribution >= 0.6 is 11.8 Å². The van der Waals surface area contributed by atoms with Crippen molar-refractivity contribution in [1.29, 1.82) is 0 Å². The van der Waals surface area contributed by atoms with Gasteiger partial charge in [-0.25, -0.2) is 0 Å². The third-order valence-corrected chi connectivity index (χ3v) is 2.60. The summed E-state index contributed by atoms with van der Waals surface area (Å²) in [5.41, 5.74) is 0. The van der Waals surface area contributed by atoms with E-state index in [0.717, 1.165) is 4.48 Å². The standard InChI is InChI=1S/C9H22NS/c1-5-6-8-11-9-7-10(2,3)4/h5-9H2,1-4H3/q+1. The smallest absolute Gasteiger partial charge is 0.0872 e. The van der Waals surface area contributed by atoms with Crippen LogP contribution in [-0.4, -0.2) is 43.7 Å². The highest BCUT2D eigenvalue weighted by atomic mass is 32.2. The highest BCUT2D eigenvalue weighted by Crippen LogP contribution is 2.05. The molecule has 0 aliphatic rings. The average Bonchev–Trinajstić information content (AvgIpc) is 1.85. The molecule has 0 atom stereocenters. The van der Waals surface area contributed by atoms with Crippen molar-refractivity contribution in [3.63, 3.8) is 0 Å². The van der Waals surface area contributed by atoms with Gasteiger partial charge in [0.15, 0.2) is 0 Å². The van der Waals surface area contributed by atoms with E-state index < -0.39 is 0 Å². The average molecular weight is 176 g/mol. The van der Waals surface area contributed by atoms with Crippen LogP contribution in [0.2, 0.25) is 0 Å². The van der Waals surface area contributed by atoms with Gasteiger partial charge in [0.05, 0.1) is 27.7 Å². The first-order valence-electron chi connectivity index (χ1n) is 4.44. The minimum Gasteiger partial charge on any atom is -0.330 e. The van der Waals surface area contributed by atoms with Gasteiger partial charge in [0.25, 0.3) is 0 Å². The Balaban J connectivity index is 3.02. The van der Waals surface area contributed by atoms with Crippen molar-refractivity contribution in [3.8, 4) is 0 Å². The summed E-state index contributed by atoms with van der Waals surface area (Å²) in [6.07, 6.45) is 2.71. The molecular weight excluding hydrogens is 154 g/mol. The summed E-state index contributed by atoms with van der Waals surface area (Å²) in [5, 5.41) is 0. The van der Waals surface area contributed by atoms with E-state index in [-0.39, 0.29) is 0 Å². The van der Waals surface area contributed by atoms with Gasteiger partial charge in [0, 0.05) is 5.75 Å². The molecule has 1 nitrogen and oxygen atoms in total. The van der Waals surface area contributed by atoms with Gasteiger partial charge in [0.2, 0.25) is 0 Å². The summed E-state index contributed by atoms with van der Waals surface area (Å²) in [6, 6.07) is 0. The van der Waals surface area contributed by atoms with Crippen molar-refractivity contribution in [2.24, 2.45) is 0 Å². The molecule has 0 saturated heterocycles. The molecule has 0 unspecified atom stereocenters. The third kappa shape index (κ3) is 10.3. The number of unbranched alkanes of at least 4 members (excludes halogenated alkanes) is 1. The topological polar surface area (TPSA) is 0 Å². The Morgan fingerprint density at radius 2 is 1.73 bits per heavy atom. The zero-order chi connectivity index (χ0) is 8.74. The lowest BCUT2D eigenvalue weighted by Crippen LogP contribution is -2.36. The molecule has 0 N–H and O–H groups in total. The SMILES string of the molecule is CCCCSCC[N+](C)(C)C. The molecule has 0 aliphatic carbocycles. The molecule has 0 rings (SSSR count). The number of rotatable bonds is 6.